The molecule has 0 fully saturated rings. The second-order valence-corrected chi connectivity index (χ2v) is 18.2. The Kier molecular flexibility index (Phi) is 7.03. The highest BCUT2D eigenvalue weighted by atomic mass is 15.1. The van der Waals surface area contributed by atoms with Crippen LogP contribution in [-0.4, -0.2) is 4.57 Å². The molecule has 0 radical (unpaired) electrons. The Bertz CT molecular complexity index is 2960. The molecule has 0 aliphatic heterocycles. The average molecular weight is 735 g/mol. The molecule has 0 N–H and O–H groups in total. The fourth-order valence-electron chi connectivity index (χ4n) is 10.2. The van der Waals surface area contributed by atoms with Crippen molar-refractivity contribution in [3.05, 3.63) is 203 Å². The SMILES string of the molecule is CC(C)(C)c1ccc2c(c1)-c1cc(C(C)(C)C)ccc1C21c2cccc3c(N(c4ccccc4)c4ccccc4)cc4c(c23)c2c1cccc2n4-c1ccccc1. The van der Waals surface area contributed by atoms with Crippen molar-refractivity contribution in [1.82, 2.24) is 4.57 Å². The number of para-hydroxylation sites is 3. The Morgan fingerprint density at radius 2 is 0.930 bits per heavy atom. The van der Waals surface area contributed by atoms with Gasteiger partial charge in [-0.05, 0) is 109 Å². The smallest absolute Gasteiger partial charge is 0.0726 e. The Labute approximate surface area is 335 Å². The van der Waals surface area contributed by atoms with E-state index in [0.29, 0.717) is 0 Å². The molecule has 9 aromatic rings. The Balaban J connectivity index is 1.36. The van der Waals surface area contributed by atoms with Gasteiger partial charge in [-0.15, -0.1) is 0 Å². The molecule has 1 spiro atoms. The molecule has 11 rings (SSSR count). The maximum atomic E-state index is 2.52. The lowest BCUT2D eigenvalue weighted by molar-refractivity contribution is 0.589. The molecular weight excluding hydrogens is 689 g/mol. The maximum absolute atomic E-state index is 2.52. The topological polar surface area (TPSA) is 8.17 Å². The van der Waals surface area contributed by atoms with E-state index in [1.165, 1.54) is 82.8 Å². The third-order valence-corrected chi connectivity index (χ3v) is 12.9. The molecule has 1 heterocycles. The first-order chi connectivity index (χ1) is 27.6. The third kappa shape index (κ3) is 4.65. The zero-order valence-electron chi connectivity index (χ0n) is 33.6. The molecule has 0 saturated heterocycles. The Morgan fingerprint density at radius 3 is 1.47 bits per heavy atom. The fraction of sp³-hybridized carbons (Fsp3) is 0.164. The minimum atomic E-state index is -0.526. The lowest BCUT2D eigenvalue weighted by Crippen LogP contribution is -2.31. The number of hydrogen-bond acceptors (Lipinski definition) is 1. The first-order valence-electron chi connectivity index (χ1n) is 20.4. The van der Waals surface area contributed by atoms with Gasteiger partial charge >= 0.3 is 0 Å². The van der Waals surface area contributed by atoms with Gasteiger partial charge in [0.15, 0.2) is 0 Å². The van der Waals surface area contributed by atoms with E-state index in [1.54, 1.807) is 0 Å². The van der Waals surface area contributed by atoms with Crippen LogP contribution in [0.2, 0.25) is 0 Å². The van der Waals surface area contributed by atoms with Crippen LogP contribution in [0.3, 0.4) is 0 Å². The molecule has 2 aliphatic carbocycles. The van der Waals surface area contributed by atoms with Crippen LogP contribution in [0.25, 0.3) is 49.4 Å². The molecule has 2 nitrogen and oxygen atoms in total. The molecule has 0 amide bonds. The van der Waals surface area contributed by atoms with E-state index in [1.807, 2.05) is 0 Å². The van der Waals surface area contributed by atoms with Crippen LogP contribution in [0.1, 0.15) is 74.9 Å². The highest BCUT2D eigenvalue weighted by molar-refractivity contribution is 6.29. The van der Waals surface area contributed by atoms with Crippen molar-refractivity contribution < 1.29 is 0 Å². The van der Waals surface area contributed by atoms with Gasteiger partial charge in [0.25, 0.3) is 0 Å². The number of anilines is 3. The molecule has 0 unspecified atom stereocenters. The van der Waals surface area contributed by atoms with Crippen molar-refractivity contribution >= 4 is 49.6 Å². The van der Waals surface area contributed by atoms with Crippen molar-refractivity contribution in [3.8, 4) is 16.8 Å². The Hall–Kier alpha value is -6.38. The molecule has 1 aromatic heterocycles. The summed E-state index contributed by atoms with van der Waals surface area (Å²) >= 11 is 0. The Morgan fingerprint density at radius 1 is 0.421 bits per heavy atom. The van der Waals surface area contributed by atoms with Crippen LogP contribution in [0.15, 0.2) is 170 Å². The molecule has 0 atom stereocenters. The van der Waals surface area contributed by atoms with Gasteiger partial charge in [-0.1, -0.05) is 163 Å². The van der Waals surface area contributed by atoms with Gasteiger partial charge in [-0.25, -0.2) is 0 Å². The van der Waals surface area contributed by atoms with Gasteiger partial charge in [0.1, 0.15) is 0 Å². The summed E-state index contributed by atoms with van der Waals surface area (Å²) in [7, 11) is 0. The standard InChI is InChI=1S/C55H46N2/c1-53(2,3)35-28-30-43-41(32-35)42-33-36(54(4,5)6)29-31-44(42)55(43)45-25-16-24-40-48(56(37-18-10-7-11-19-37)38-20-12-8-13-21-38)34-49-52(50(40)45)51-46(55)26-17-27-47(51)57(49)39-22-14-9-15-23-39/h7-34H,1-6H3. The molecule has 0 saturated carbocycles. The number of rotatable bonds is 4. The van der Waals surface area contributed by atoms with Gasteiger partial charge in [-0.3, -0.25) is 0 Å². The van der Waals surface area contributed by atoms with E-state index < -0.39 is 5.41 Å². The number of benzene rings is 8. The number of aromatic nitrogens is 1. The van der Waals surface area contributed by atoms with Crippen molar-refractivity contribution in [2.45, 2.75) is 57.8 Å². The lowest BCUT2D eigenvalue weighted by atomic mass is 9.62. The minimum Gasteiger partial charge on any atom is -0.310 e. The summed E-state index contributed by atoms with van der Waals surface area (Å²) in [5.74, 6) is 0. The van der Waals surface area contributed by atoms with E-state index in [4.69, 9.17) is 0 Å². The highest BCUT2D eigenvalue weighted by Crippen LogP contribution is 2.63. The zero-order valence-corrected chi connectivity index (χ0v) is 33.6. The van der Waals surface area contributed by atoms with Crippen LogP contribution < -0.4 is 4.90 Å². The maximum Gasteiger partial charge on any atom is 0.0726 e. The average Bonchev–Trinajstić information content (AvgIpc) is 3.71. The van der Waals surface area contributed by atoms with Crippen molar-refractivity contribution in [2.24, 2.45) is 0 Å². The van der Waals surface area contributed by atoms with Crippen LogP contribution in [0.4, 0.5) is 17.1 Å². The normalized spacial score (nSPS) is 13.9. The summed E-state index contributed by atoms with van der Waals surface area (Å²) in [5, 5.41) is 5.26. The largest absolute Gasteiger partial charge is 0.310 e. The van der Waals surface area contributed by atoms with Crippen LogP contribution in [-0.2, 0) is 16.2 Å². The van der Waals surface area contributed by atoms with Crippen LogP contribution >= 0.6 is 0 Å². The molecular formula is C55H46N2. The summed E-state index contributed by atoms with van der Waals surface area (Å²) in [5.41, 5.74) is 17.4. The lowest BCUT2D eigenvalue weighted by Gasteiger charge is -2.39. The van der Waals surface area contributed by atoms with Crippen molar-refractivity contribution in [1.29, 1.82) is 0 Å². The van der Waals surface area contributed by atoms with Crippen molar-refractivity contribution in [2.75, 3.05) is 4.90 Å². The second kappa shape index (κ2) is 11.8. The van der Waals surface area contributed by atoms with E-state index in [9.17, 15) is 0 Å². The first-order valence-corrected chi connectivity index (χ1v) is 20.4. The molecule has 276 valence electrons. The van der Waals surface area contributed by atoms with Gasteiger partial charge in [-0.2, -0.15) is 0 Å². The van der Waals surface area contributed by atoms with Gasteiger partial charge in [0, 0.05) is 33.2 Å². The molecule has 2 aliphatic rings. The zero-order chi connectivity index (χ0) is 38.8. The predicted octanol–water partition coefficient (Wildman–Crippen LogP) is 14.7. The minimum absolute atomic E-state index is 0.0120. The van der Waals surface area contributed by atoms with E-state index in [-0.39, 0.29) is 10.8 Å². The van der Waals surface area contributed by atoms with E-state index in [0.717, 1.165) is 17.1 Å². The van der Waals surface area contributed by atoms with Crippen molar-refractivity contribution in [3.63, 3.8) is 0 Å². The van der Waals surface area contributed by atoms with Crippen LogP contribution in [0.5, 0.6) is 0 Å². The second-order valence-electron chi connectivity index (χ2n) is 18.2. The van der Waals surface area contributed by atoms with Gasteiger partial charge in [0.2, 0.25) is 0 Å². The fourth-order valence-corrected chi connectivity index (χ4v) is 10.2. The molecule has 8 aromatic carbocycles. The number of fused-ring (bicyclic) bond motifs is 7. The van der Waals surface area contributed by atoms with Gasteiger partial charge in [0.05, 0.1) is 22.1 Å². The molecule has 2 heteroatoms. The first kappa shape index (κ1) is 33.9. The van der Waals surface area contributed by atoms with E-state index in [2.05, 4.69) is 221 Å². The quantitative estimate of drug-likeness (QED) is 0.175. The summed E-state index contributed by atoms with van der Waals surface area (Å²) in [6, 6.07) is 64.1. The summed E-state index contributed by atoms with van der Waals surface area (Å²) in [4.78, 5) is 2.45. The summed E-state index contributed by atoms with van der Waals surface area (Å²) in [6.07, 6.45) is 0. The summed E-state index contributed by atoms with van der Waals surface area (Å²) < 4.78 is 2.52. The van der Waals surface area contributed by atoms with Crippen LogP contribution in [0, 0.1) is 0 Å². The monoisotopic (exact) mass is 734 g/mol. The third-order valence-electron chi connectivity index (χ3n) is 12.9. The summed E-state index contributed by atoms with van der Waals surface area (Å²) in [6.45, 7) is 14.0. The molecule has 57 heavy (non-hydrogen) atoms. The van der Waals surface area contributed by atoms with Gasteiger partial charge < -0.3 is 9.47 Å². The predicted molar refractivity (Wildman–Crippen MR) is 241 cm³/mol. The number of hydrogen-bond donors (Lipinski definition) is 0. The molecule has 0 bridgehead atoms. The van der Waals surface area contributed by atoms with E-state index >= 15 is 0 Å². The number of nitrogens with zero attached hydrogens (tertiary/aromatic N) is 2. The highest BCUT2D eigenvalue weighted by Gasteiger charge is 2.51.